The molecule has 0 aromatic carbocycles. The lowest BCUT2D eigenvalue weighted by atomic mass is 9.99. The van der Waals surface area contributed by atoms with Crippen molar-refractivity contribution in [2.45, 2.75) is 33.2 Å². The number of aryl methyl sites for hydroxylation is 1. The van der Waals surface area contributed by atoms with E-state index in [9.17, 15) is 0 Å². The van der Waals surface area contributed by atoms with E-state index in [4.69, 9.17) is 11.6 Å². The molecule has 2 nitrogen and oxygen atoms in total. The Morgan fingerprint density at radius 3 is 2.87 bits per heavy atom. The summed E-state index contributed by atoms with van der Waals surface area (Å²) in [7, 11) is 0. The number of hydrogen-bond donors (Lipinski definition) is 1. The van der Waals surface area contributed by atoms with Crippen LogP contribution in [0.15, 0.2) is 6.07 Å². The highest BCUT2D eigenvalue weighted by molar-refractivity contribution is 6.31. The van der Waals surface area contributed by atoms with Gasteiger partial charge in [-0.3, -0.25) is 0 Å². The third kappa shape index (κ3) is 2.37. The fourth-order valence-electron chi connectivity index (χ4n) is 2.38. The molecular weight excluding hydrogens is 208 g/mol. The minimum atomic E-state index is 0.764. The molecule has 0 bridgehead atoms. The minimum absolute atomic E-state index is 0.764. The van der Waals surface area contributed by atoms with Crippen molar-refractivity contribution in [2.75, 3.05) is 13.1 Å². The van der Waals surface area contributed by atoms with E-state index in [0.717, 1.165) is 24.0 Å². The smallest absolute Gasteiger partial charge is 0.0615 e. The van der Waals surface area contributed by atoms with E-state index in [1.807, 2.05) is 0 Å². The highest BCUT2D eigenvalue weighted by Gasteiger charge is 2.16. The summed E-state index contributed by atoms with van der Waals surface area (Å²) in [5.74, 6) is 0.764. The van der Waals surface area contributed by atoms with Gasteiger partial charge in [0.15, 0.2) is 0 Å². The van der Waals surface area contributed by atoms with Crippen LogP contribution >= 0.6 is 11.6 Å². The Kier molecular flexibility index (Phi) is 3.37. The van der Waals surface area contributed by atoms with Crippen LogP contribution in [0.5, 0.6) is 0 Å². The fraction of sp³-hybridized carbons (Fsp3) is 0.667. The topological polar surface area (TPSA) is 17.0 Å². The molecule has 1 N–H and O–H groups in total. The van der Waals surface area contributed by atoms with Gasteiger partial charge in [0.2, 0.25) is 0 Å². The van der Waals surface area contributed by atoms with Gasteiger partial charge in [-0.1, -0.05) is 11.6 Å². The van der Waals surface area contributed by atoms with Gasteiger partial charge in [-0.05, 0) is 51.8 Å². The highest BCUT2D eigenvalue weighted by Crippen LogP contribution is 2.22. The molecule has 84 valence electrons. The quantitative estimate of drug-likeness (QED) is 0.821. The monoisotopic (exact) mass is 226 g/mol. The van der Waals surface area contributed by atoms with Crippen molar-refractivity contribution in [3.63, 3.8) is 0 Å². The van der Waals surface area contributed by atoms with Gasteiger partial charge in [-0.25, -0.2) is 0 Å². The van der Waals surface area contributed by atoms with E-state index < -0.39 is 0 Å². The molecule has 1 aliphatic heterocycles. The number of nitrogens with one attached hydrogen (secondary N) is 1. The van der Waals surface area contributed by atoms with Crippen molar-refractivity contribution in [1.29, 1.82) is 0 Å². The average Bonchev–Trinajstić information content (AvgIpc) is 2.47. The van der Waals surface area contributed by atoms with E-state index in [1.165, 1.54) is 30.8 Å². The van der Waals surface area contributed by atoms with Crippen LogP contribution in [-0.2, 0) is 6.54 Å². The van der Waals surface area contributed by atoms with E-state index >= 15 is 0 Å². The average molecular weight is 227 g/mol. The van der Waals surface area contributed by atoms with Gasteiger partial charge >= 0.3 is 0 Å². The summed E-state index contributed by atoms with van der Waals surface area (Å²) < 4.78 is 2.35. The van der Waals surface area contributed by atoms with Gasteiger partial charge in [0, 0.05) is 17.9 Å². The van der Waals surface area contributed by atoms with Gasteiger partial charge in [-0.2, -0.15) is 0 Å². The molecule has 1 aromatic rings. The molecule has 1 saturated heterocycles. The minimum Gasteiger partial charge on any atom is -0.347 e. The van der Waals surface area contributed by atoms with Gasteiger partial charge in [-0.15, -0.1) is 0 Å². The predicted octanol–water partition coefficient (Wildman–Crippen LogP) is 2.76. The van der Waals surface area contributed by atoms with Gasteiger partial charge in [0.05, 0.1) is 5.02 Å². The first-order valence-corrected chi connectivity index (χ1v) is 6.09. The Bertz CT molecular complexity index is 338. The molecule has 1 aromatic heterocycles. The number of piperidine rings is 1. The molecule has 3 heteroatoms. The van der Waals surface area contributed by atoms with Gasteiger partial charge < -0.3 is 9.88 Å². The molecule has 1 aliphatic rings. The lowest BCUT2D eigenvalue weighted by molar-refractivity contribution is 0.333. The first kappa shape index (κ1) is 11.0. The van der Waals surface area contributed by atoms with Crippen LogP contribution in [0.3, 0.4) is 0 Å². The van der Waals surface area contributed by atoms with Crippen molar-refractivity contribution in [3.8, 4) is 0 Å². The number of hydrogen-bond acceptors (Lipinski definition) is 1. The van der Waals surface area contributed by atoms with Crippen molar-refractivity contribution >= 4 is 11.6 Å². The molecule has 1 fully saturated rings. The predicted molar refractivity (Wildman–Crippen MR) is 64.5 cm³/mol. The van der Waals surface area contributed by atoms with Crippen molar-refractivity contribution in [1.82, 2.24) is 9.88 Å². The first-order chi connectivity index (χ1) is 7.18. The van der Waals surface area contributed by atoms with Crippen LogP contribution in [0.25, 0.3) is 0 Å². The number of aromatic nitrogens is 1. The lowest BCUT2D eigenvalue weighted by Gasteiger charge is -2.24. The molecule has 0 amide bonds. The molecule has 1 unspecified atom stereocenters. The van der Waals surface area contributed by atoms with Crippen molar-refractivity contribution in [2.24, 2.45) is 5.92 Å². The third-order valence-corrected chi connectivity index (χ3v) is 3.73. The van der Waals surface area contributed by atoms with Crippen molar-refractivity contribution in [3.05, 3.63) is 22.5 Å². The van der Waals surface area contributed by atoms with Crippen LogP contribution in [-0.4, -0.2) is 17.7 Å². The zero-order valence-corrected chi connectivity index (χ0v) is 10.3. The molecule has 0 spiro atoms. The second kappa shape index (κ2) is 4.58. The van der Waals surface area contributed by atoms with E-state index in [0.29, 0.717) is 0 Å². The van der Waals surface area contributed by atoms with Crippen LogP contribution < -0.4 is 5.32 Å². The van der Waals surface area contributed by atoms with E-state index in [2.05, 4.69) is 29.8 Å². The standard InChI is InChI=1S/C12H19ClN2/c1-9-6-12(13)10(2)15(9)8-11-4-3-5-14-7-11/h6,11,14H,3-5,7-8H2,1-2H3. The number of halogens is 1. The van der Waals surface area contributed by atoms with E-state index in [1.54, 1.807) is 0 Å². The zero-order valence-electron chi connectivity index (χ0n) is 9.52. The van der Waals surface area contributed by atoms with Gasteiger partial charge in [0.25, 0.3) is 0 Å². The Labute approximate surface area is 96.6 Å². The largest absolute Gasteiger partial charge is 0.347 e. The lowest BCUT2D eigenvalue weighted by Crippen LogP contribution is -2.32. The SMILES string of the molecule is Cc1cc(Cl)c(C)n1CC1CCCNC1. The van der Waals surface area contributed by atoms with Crippen LogP contribution in [0.1, 0.15) is 24.2 Å². The number of rotatable bonds is 2. The molecule has 2 rings (SSSR count). The van der Waals surface area contributed by atoms with Gasteiger partial charge in [0.1, 0.15) is 0 Å². The third-order valence-electron chi connectivity index (χ3n) is 3.35. The summed E-state index contributed by atoms with van der Waals surface area (Å²) in [4.78, 5) is 0. The molecule has 0 saturated carbocycles. The second-order valence-corrected chi connectivity index (χ2v) is 4.95. The summed E-state index contributed by atoms with van der Waals surface area (Å²) >= 11 is 6.12. The summed E-state index contributed by atoms with van der Waals surface area (Å²) in [6.45, 7) is 7.67. The van der Waals surface area contributed by atoms with E-state index in [-0.39, 0.29) is 0 Å². The highest BCUT2D eigenvalue weighted by atomic mass is 35.5. The fourth-order valence-corrected chi connectivity index (χ4v) is 2.64. The summed E-state index contributed by atoms with van der Waals surface area (Å²) in [6.07, 6.45) is 2.64. The Morgan fingerprint density at radius 2 is 2.33 bits per heavy atom. The summed E-state index contributed by atoms with van der Waals surface area (Å²) in [5.41, 5.74) is 2.49. The summed E-state index contributed by atoms with van der Waals surface area (Å²) in [5, 5.41) is 4.35. The van der Waals surface area contributed by atoms with Crippen LogP contribution in [0.2, 0.25) is 5.02 Å². The first-order valence-electron chi connectivity index (χ1n) is 5.71. The molecule has 15 heavy (non-hydrogen) atoms. The summed E-state index contributed by atoms with van der Waals surface area (Å²) in [6, 6.07) is 2.06. The maximum Gasteiger partial charge on any atom is 0.0615 e. The maximum absolute atomic E-state index is 6.12. The Balaban J connectivity index is 2.09. The zero-order chi connectivity index (χ0) is 10.8. The normalized spacial score (nSPS) is 21.9. The Hall–Kier alpha value is -0.470. The maximum atomic E-state index is 6.12. The Morgan fingerprint density at radius 1 is 1.53 bits per heavy atom. The molecule has 0 aliphatic carbocycles. The number of nitrogens with zero attached hydrogens (tertiary/aromatic N) is 1. The molecule has 0 radical (unpaired) electrons. The van der Waals surface area contributed by atoms with Crippen molar-refractivity contribution < 1.29 is 0 Å². The molecular formula is C12H19ClN2. The second-order valence-electron chi connectivity index (χ2n) is 4.54. The molecule has 1 atom stereocenters. The molecule has 2 heterocycles. The van der Waals surface area contributed by atoms with Crippen LogP contribution in [0, 0.1) is 19.8 Å². The van der Waals surface area contributed by atoms with Crippen LogP contribution in [0.4, 0.5) is 0 Å².